The van der Waals surface area contributed by atoms with Gasteiger partial charge in [0.15, 0.2) is 0 Å². The van der Waals surface area contributed by atoms with Gasteiger partial charge in [-0.1, -0.05) is 18.2 Å². The summed E-state index contributed by atoms with van der Waals surface area (Å²) in [4.78, 5) is 25.7. The van der Waals surface area contributed by atoms with Gasteiger partial charge in [-0.3, -0.25) is 9.59 Å². The first-order valence-electron chi connectivity index (χ1n) is 7.21. The van der Waals surface area contributed by atoms with E-state index in [4.69, 9.17) is 4.74 Å². The summed E-state index contributed by atoms with van der Waals surface area (Å²) in [6.45, 7) is 0.483. The number of hydrogen-bond donors (Lipinski definition) is 1. The highest BCUT2D eigenvalue weighted by Crippen LogP contribution is 2.32. The van der Waals surface area contributed by atoms with Crippen molar-refractivity contribution in [3.63, 3.8) is 0 Å². The van der Waals surface area contributed by atoms with Gasteiger partial charge in [0.1, 0.15) is 18.2 Å². The van der Waals surface area contributed by atoms with Crippen LogP contribution in [0.1, 0.15) is 10.4 Å². The van der Waals surface area contributed by atoms with Crippen LogP contribution < -0.4 is 15.0 Å². The lowest BCUT2D eigenvalue weighted by Crippen LogP contribution is -2.44. The second kappa shape index (κ2) is 6.48. The molecular weight excluding hydrogens is 299 g/mol. The minimum atomic E-state index is -0.444. The fourth-order valence-corrected chi connectivity index (χ4v) is 2.39. The number of anilines is 1. The van der Waals surface area contributed by atoms with Crippen molar-refractivity contribution >= 4 is 17.5 Å². The molecule has 2 aromatic rings. The Hall–Kier alpha value is -2.89. The number of nitrogens with zero attached hydrogens (tertiary/aromatic N) is 1. The molecule has 0 spiro atoms. The van der Waals surface area contributed by atoms with E-state index < -0.39 is 5.82 Å². The fraction of sp³-hybridized carbons (Fsp3) is 0.176. The third-order valence-corrected chi connectivity index (χ3v) is 3.52. The van der Waals surface area contributed by atoms with Gasteiger partial charge in [0.25, 0.3) is 5.91 Å². The van der Waals surface area contributed by atoms with Crippen molar-refractivity contribution in [1.82, 2.24) is 5.32 Å². The van der Waals surface area contributed by atoms with Crippen LogP contribution >= 0.6 is 0 Å². The van der Waals surface area contributed by atoms with Crippen molar-refractivity contribution in [2.45, 2.75) is 0 Å². The van der Waals surface area contributed by atoms with Crippen LogP contribution in [0.5, 0.6) is 5.75 Å². The van der Waals surface area contributed by atoms with Gasteiger partial charge in [-0.2, -0.15) is 0 Å². The third kappa shape index (κ3) is 3.31. The summed E-state index contributed by atoms with van der Waals surface area (Å²) in [5, 5.41) is 2.58. The predicted octanol–water partition coefficient (Wildman–Crippen LogP) is 1.98. The monoisotopic (exact) mass is 314 g/mol. The van der Waals surface area contributed by atoms with Gasteiger partial charge in [-0.05, 0) is 24.3 Å². The summed E-state index contributed by atoms with van der Waals surface area (Å²) in [6, 6.07) is 12.7. The zero-order valence-electron chi connectivity index (χ0n) is 12.3. The van der Waals surface area contributed by atoms with Gasteiger partial charge in [0.05, 0.1) is 18.8 Å². The quantitative estimate of drug-likeness (QED) is 0.942. The number of rotatable bonds is 3. The molecule has 0 aromatic heterocycles. The molecule has 0 radical (unpaired) electrons. The van der Waals surface area contributed by atoms with Crippen LogP contribution in [0.15, 0.2) is 48.5 Å². The normalized spacial score (nSPS) is 13.0. The Morgan fingerprint density at radius 2 is 1.96 bits per heavy atom. The Labute approximate surface area is 132 Å². The number of hydrogen-bond acceptors (Lipinski definition) is 3. The minimum Gasteiger partial charge on any atom is -0.490 e. The van der Waals surface area contributed by atoms with E-state index in [1.54, 1.807) is 30.3 Å². The third-order valence-electron chi connectivity index (χ3n) is 3.52. The topological polar surface area (TPSA) is 58.6 Å². The van der Waals surface area contributed by atoms with Crippen LogP contribution in [0.2, 0.25) is 0 Å². The maximum Gasteiger partial charge on any atom is 0.251 e. The Morgan fingerprint density at radius 3 is 2.74 bits per heavy atom. The van der Waals surface area contributed by atoms with E-state index in [1.807, 2.05) is 0 Å². The molecule has 118 valence electrons. The zero-order chi connectivity index (χ0) is 16.2. The molecule has 0 bridgehead atoms. The molecule has 1 aliphatic heterocycles. The molecule has 2 aromatic carbocycles. The largest absolute Gasteiger partial charge is 0.490 e. The van der Waals surface area contributed by atoms with E-state index in [9.17, 15) is 14.0 Å². The van der Waals surface area contributed by atoms with Gasteiger partial charge >= 0.3 is 0 Å². The van der Waals surface area contributed by atoms with Crippen LogP contribution in [0.4, 0.5) is 10.1 Å². The molecule has 23 heavy (non-hydrogen) atoms. The van der Waals surface area contributed by atoms with Crippen LogP contribution in [0, 0.1) is 5.82 Å². The van der Waals surface area contributed by atoms with E-state index in [0.29, 0.717) is 30.2 Å². The average Bonchev–Trinajstić information content (AvgIpc) is 2.59. The van der Waals surface area contributed by atoms with Crippen LogP contribution in [0.25, 0.3) is 0 Å². The lowest BCUT2D eigenvalue weighted by molar-refractivity contribution is -0.117. The van der Waals surface area contributed by atoms with Crippen molar-refractivity contribution in [2.75, 3.05) is 24.6 Å². The minimum absolute atomic E-state index is 0.163. The fourth-order valence-electron chi connectivity index (χ4n) is 2.39. The van der Waals surface area contributed by atoms with Crippen molar-refractivity contribution < 1.29 is 18.7 Å². The lowest BCUT2D eigenvalue weighted by atomic mass is 10.2. The molecular formula is C17H15FN2O3. The van der Waals surface area contributed by atoms with Crippen LogP contribution in [0.3, 0.4) is 0 Å². The lowest BCUT2D eigenvalue weighted by Gasteiger charge is -2.29. The molecule has 5 nitrogen and oxygen atoms in total. The van der Waals surface area contributed by atoms with Crippen molar-refractivity contribution in [1.29, 1.82) is 0 Å². The standard InChI is InChI=1S/C17H15FN2O3/c18-13-6-7-15-14(10-13)20(8-9-23-15)16(21)11-19-17(22)12-4-2-1-3-5-12/h1-7,10H,8-9,11H2,(H,19,22). The number of carbonyl (C=O) groups is 2. The first-order chi connectivity index (χ1) is 11.1. The maximum absolute atomic E-state index is 13.4. The molecule has 0 saturated carbocycles. The summed E-state index contributed by atoms with van der Waals surface area (Å²) in [5.41, 5.74) is 0.865. The molecule has 0 unspecified atom stereocenters. The first-order valence-corrected chi connectivity index (χ1v) is 7.21. The van der Waals surface area contributed by atoms with Gasteiger partial charge in [-0.15, -0.1) is 0 Å². The molecule has 0 aliphatic carbocycles. The van der Waals surface area contributed by atoms with Gasteiger partial charge in [0, 0.05) is 11.6 Å². The zero-order valence-corrected chi connectivity index (χ0v) is 12.3. The summed E-state index contributed by atoms with van der Waals surface area (Å²) >= 11 is 0. The van der Waals surface area contributed by atoms with Crippen molar-refractivity contribution in [3.8, 4) is 5.75 Å². The van der Waals surface area contributed by atoms with Crippen LogP contribution in [-0.4, -0.2) is 31.5 Å². The molecule has 0 saturated heterocycles. The Morgan fingerprint density at radius 1 is 1.17 bits per heavy atom. The second-order valence-corrected chi connectivity index (χ2v) is 5.05. The number of amides is 2. The van der Waals surface area contributed by atoms with Gasteiger partial charge in [0.2, 0.25) is 5.91 Å². The summed E-state index contributed by atoms with van der Waals surface area (Å²) in [6.07, 6.45) is 0. The second-order valence-electron chi connectivity index (χ2n) is 5.05. The number of benzene rings is 2. The van der Waals surface area contributed by atoms with E-state index in [0.717, 1.165) is 0 Å². The molecule has 0 atom stereocenters. The van der Waals surface area contributed by atoms with E-state index in [1.165, 1.54) is 23.1 Å². The highest BCUT2D eigenvalue weighted by Gasteiger charge is 2.24. The van der Waals surface area contributed by atoms with E-state index >= 15 is 0 Å². The average molecular weight is 314 g/mol. The molecule has 1 N–H and O–H groups in total. The predicted molar refractivity (Wildman–Crippen MR) is 83.0 cm³/mol. The molecule has 1 aliphatic rings. The smallest absolute Gasteiger partial charge is 0.251 e. The summed E-state index contributed by atoms with van der Waals surface area (Å²) in [5.74, 6) is -0.628. The number of nitrogens with one attached hydrogen (secondary N) is 1. The number of fused-ring (bicyclic) bond motifs is 1. The number of ether oxygens (including phenoxy) is 1. The Bertz CT molecular complexity index is 734. The van der Waals surface area contributed by atoms with E-state index in [2.05, 4.69) is 5.32 Å². The van der Waals surface area contributed by atoms with Crippen molar-refractivity contribution in [2.24, 2.45) is 0 Å². The number of carbonyl (C=O) groups excluding carboxylic acids is 2. The molecule has 3 rings (SSSR count). The molecule has 2 amide bonds. The van der Waals surface area contributed by atoms with Crippen molar-refractivity contribution in [3.05, 3.63) is 59.9 Å². The summed E-state index contributed by atoms with van der Waals surface area (Å²) < 4.78 is 18.8. The first kappa shape index (κ1) is 15.0. The summed E-state index contributed by atoms with van der Waals surface area (Å²) in [7, 11) is 0. The highest BCUT2D eigenvalue weighted by molar-refractivity contribution is 6.01. The highest BCUT2D eigenvalue weighted by atomic mass is 19.1. The van der Waals surface area contributed by atoms with E-state index in [-0.39, 0.29) is 18.4 Å². The van der Waals surface area contributed by atoms with Gasteiger partial charge < -0.3 is 15.0 Å². The Kier molecular flexibility index (Phi) is 4.23. The number of halogens is 1. The SMILES string of the molecule is O=C(NCC(=O)N1CCOc2ccc(F)cc21)c1ccccc1. The molecule has 1 heterocycles. The molecule has 0 fully saturated rings. The van der Waals surface area contributed by atoms with Crippen LogP contribution in [-0.2, 0) is 4.79 Å². The molecule has 6 heteroatoms. The maximum atomic E-state index is 13.4. The Balaban J connectivity index is 1.68. The van der Waals surface area contributed by atoms with Gasteiger partial charge in [-0.25, -0.2) is 4.39 Å².